The Kier molecular flexibility index (Phi) is 4.94. The minimum Gasteiger partial charge on any atom is -0.481 e. The molecule has 1 unspecified atom stereocenters. The van der Waals surface area contributed by atoms with Gasteiger partial charge in [0.05, 0.1) is 11.7 Å². The fourth-order valence-corrected chi connectivity index (χ4v) is 1.80. The summed E-state index contributed by atoms with van der Waals surface area (Å²) >= 11 is 0. The van der Waals surface area contributed by atoms with Crippen molar-refractivity contribution in [3.63, 3.8) is 0 Å². The lowest BCUT2D eigenvalue weighted by Gasteiger charge is -2.09. The summed E-state index contributed by atoms with van der Waals surface area (Å²) in [6.07, 6.45) is 1.03. The van der Waals surface area contributed by atoms with Crippen LogP contribution in [0.4, 0.5) is 0 Å². The van der Waals surface area contributed by atoms with Crippen molar-refractivity contribution in [3.05, 3.63) is 0 Å². The van der Waals surface area contributed by atoms with Crippen molar-refractivity contribution in [2.45, 2.75) is 37.9 Å². The van der Waals surface area contributed by atoms with Crippen LogP contribution in [0, 0.1) is 0 Å². The van der Waals surface area contributed by atoms with Crippen LogP contribution in [-0.4, -0.2) is 29.3 Å². The molecule has 0 bridgehead atoms. The van der Waals surface area contributed by atoms with E-state index in [4.69, 9.17) is 9.66 Å². The van der Waals surface area contributed by atoms with Gasteiger partial charge in [0.25, 0.3) is 10.1 Å². The molecule has 0 amide bonds. The maximum atomic E-state index is 10.7. The molecular formula is C7H14O5S. The van der Waals surface area contributed by atoms with Crippen LogP contribution in [0.5, 0.6) is 0 Å². The van der Waals surface area contributed by atoms with E-state index in [1.165, 1.54) is 0 Å². The number of carbonyl (C=O) groups is 1. The third-order valence-electron chi connectivity index (χ3n) is 1.70. The third kappa shape index (κ3) is 5.59. The summed E-state index contributed by atoms with van der Waals surface area (Å²) < 4.78 is 30.0. The van der Waals surface area contributed by atoms with Crippen molar-refractivity contribution in [2.75, 3.05) is 0 Å². The van der Waals surface area contributed by atoms with Gasteiger partial charge in [0.1, 0.15) is 0 Å². The minimum absolute atomic E-state index is 0.196. The van der Waals surface area contributed by atoms with Gasteiger partial charge < -0.3 is 5.11 Å². The molecule has 0 saturated heterocycles. The first-order chi connectivity index (χ1) is 5.88. The zero-order valence-electron chi connectivity index (χ0n) is 7.43. The Morgan fingerprint density at radius 2 is 2.00 bits per heavy atom. The molecule has 2 N–H and O–H groups in total. The Hall–Kier alpha value is -0.620. The molecule has 78 valence electrons. The second-order valence-corrected chi connectivity index (χ2v) is 4.57. The summed E-state index contributed by atoms with van der Waals surface area (Å²) in [5.41, 5.74) is 0. The van der Waals surface area contributed by atoms with Crippen LogP contribution < -0.4 is 0 Å². The molecule has 5 nitrogen and oxygen atoms in total. The number of hydrogen-bond donors (Lipinski definition) is 2. The summed E-state index contributed by atoms with van der Waals surface area (Å²) in [6, 6.07) is 0. The second-order valence-electron chi connectivity index (χ2n) is 2.88. The van der Waals surface area contributed by atoms with Crippen LogP contribution in [0.2, 0.25) is 0 Å². The lowest BCUT2D eigenvalue weighted by Crippen LogP contribution is -2.23. The van der Waals surface area contributed by atoms with E-state index in [2.05, 4.69) is 0 Å². The predicted octanol–water partition coefficient (Wildman–Crippen LogP) is 0.908. The van der Waals surface area contributed by atoms with Crippen molar-refractivity contribution in [2.24, 2.45) is 0 Å². The summed E-state index contributed by atoms with van der Waals surface area (Å²) in [5.74, 6) is -1.21. The number of carboxylic acid groups (broad SMARTS) is 1. The first-order valence-electron chi connectivity index (χ1n) is 4.06. The zero-order chi connectivity index (χ0) is 10.5. The number of rotatable bonds is 6. The Labute approximate surface area is 77.5 Å². The highest BCUT2D eigenvalue weighted by atomic mass is 32.2. The smallest absolute Gasteiger partial charge is 0.304 e. The van der Waals surface area contributed by atoms with Gasteiger partial charge in [-0.2, -0.15) is 8.42 Å². The van der Waals surface area contributed by atoms with Crippen LogP contribution in [0.25, 0.3) is 0 Å². The van der Waals surface area contributed by atoms with Crippen molar-refractivity contribution in [1.29, 1.82) is 0 Å². The Balaban J connectivity index is 4.29. The van der Waals surface area contributed by atoms with Crippen molar-refractivity contribution >= 4 is 16.1 Å². The molecule has 0 fully saturated rings. The minimum atomic E-state index is -4.21. The zero-order valence-corrected chi connectivity index (χ0v) is 8.25. The molecular weight excluding hydrogens is 196 g/mol. The summed E-state index contributed by atoms with van der Waals surface area (Å²) in [4.78, 5) is 10.2. The van der Waals surface area contributed by atoms with Gasteiger partial charge in [0, 0.05) is 0 Å². The number of aliphatic carboxylic acids is 1. The van der Waals surface area contributed by atoms with Crippen molar-refractivity contribution in [3.8, 4) is 0 Å². The number of unbranched alkanes of at least 4 members (excludes halogenated alkanes) is 1. The van der Waals surface area contributed by atoms with E-state index in [9.17, 15) is 13.2 Å². The van der Waals surface area contributed by atoms with Gasteiger partial charge in [-0.15, -0.1) is 0 Å². The summed E-state index contributed by atoms with van der Waals surface area (Å²) in [6.45, 7) is 1.86. The SMILES string of the molecule is CCCCC(CC(=O)O)S(=O)(=O)O. The van der Waals surface area contributed by atoms with Gasteiger partial charge in [-0.05, 0) is 6.42 Å². The monoisotopic (exact) mass is 210 g/mol. The van der Waals surface area contributed by atoms with E-state index in [0.717, 1.165) is 6.42 Å². The first kappa shape index (κ1) is 12.4. The van der Waals surface area contributed by atoms with Gasteiger partial charge in [-0.1, -0.05) is 19.8 Å². The van der Waals surface area contributed by atoms with Gasteiger partial charge >= 0.3 is 5.97 Å². The molecule has 0 aliphatic heterocycles. The van der Waals surface area contributed by atoms with E-state index < -0.39 is 27.8 Å². The van der Waals surface area contributed by atoms with E-state index in [-0.39, 0.29) is 6.42 Å². The number of carboxylic acids is 1. The Morgan fingerprint density at radius 3 is 2.31 bits per heavy atom. The highest BCUT2D eigenvalue weighted by Gasteiger charge is 2.24. The molecule has 13 heavy (non-hydrogen) atoms. The molecule has 0 heterocycles. The fourth-order valence-electron chi connectivity index (χ4n) is 0.983. The van der Waals surface area contributed by atoms with Crippen LogP contribution >= 0.6 is 0 Å². The van der Waals surface area contributed by atoms with Crippen molar-refractivity contribution in [1.82, 2.24) is 0 Å². The molecule has 0 aromatic carbocycles. The van der Waals surface area contributed by atoms with E-state index in [0.29, 0.717) is 6.42 Å². The molecule has 1 atom stereocenters. The van der Waals surface area contributed by atoms with Gasteiger partial charge in [-0.25, -0.2) is 0 Å². The summed E-state index contributed by atoms with van der Waals surface area (Å²) in [7, 11) is -4.21. The molecule has 0 spiro atoms. The first-order valence-corrected chi connectivity index (χ1v) is 5.56. The van der Waals surface area contributed by atoms with Crippen LogP contribution in [0.1, 0.15) is 32.6 Å². The normalized spacial score (nSPS) is 14.0. The third-order valence-corrected chi connectivity index (χ3v) is 2.95. The average molecular weight is 210 g/mol. The topological polar surface area (TPSA) is 91.7 Å². The highest BCUT2D eigenvalue weighted by Crippen LogP contribution is 2.12. The second kappa shape index (κ2) is 5.18. The standard InChI is InChI=1S/C7H14O5S/c1-2-3-4-6(5-7(8)9)13(10,11)12/h6H,2-5H2,1H3,(H,8,9)(H,10,11,12). The van der Waals surface area contributed by atoms with E-state index >= 15 is 0 Å². The molecule has 0 rings (SSSR count). The molecule has 0 radical (unpaired) electrons. The Morgan fingerprint density at radius 1 is 1.46 bits per heavy atom. The van der Waals surface area contributed by atoms with Crippen molar-refractivity contribution < 1.29 is 22.9 Å². The maximum Gasteiger partial charge on any atom is 0.304 e. The largest absolute Gasteiger partial charge is 0.481 e. The van der Waals surface area contributed by atoms with Crippen LogP contribution in [0.3, 0.4) is 0 Å². The quantitative estimate of drug-likeness (QED) is 0.636. The molecule has 6 heteroatoms. The average Bonchev–Trinajstić information content (AvgIpc) is 1.95. The molecule has 0 aliphatic rings. The van der Waals surface area contributed by atoms with E-state index in [1.807, 2.05) is 6.92 Å². The highest BCUT2D eigenvalue weighted by molar-refractivity contribution is 7.86. The molecule has 0 aromatic heterocycles. The summed E-state index contributed by atoms with van der Waals surface area (Å²) in [5, 5.41) is 7.21. The molecule has 0 aliphatic carbocycles. The lowest BCUT2D eigenvalue weighted by atomic mass is 10.1. The Bertz CT molecular complexity index is 256. The fraction of sp³-hybridized carbons (Fsp3) is 0.857. The van der Waals surface area contributed by atoms with Crippen LogP contribution in [-0.2, 0) is 14.9 Å². The van der Waals surface area contributed by atoms with Gasteiger partial charge in [0.2, 0.25) is 0 Å². The number of hydrogen-bond acceptors (Lipinski definition) is 3. The van der Waals surface area contributed by atoms with Gasteiger partial charge in [0.15, 0.2) is 0 Å². The van der Waals surface area contributed by atoms with E-state index in [1.54, 1.807) is 0 Å². The lowest BCUT2D eigenvalue weighted by molar-refractivity contribution is -0.137. The van der Waals surface area contributed by atoms with Crippen LogP contribution in [0.15, 0.2) is 0 Å². The maximum absolute atomic E-state index is 10.7. The molecule has 0 aromatic rings. The molecule has 0 saturated carbocycles. The predicted molar refractivity (Wildman–Crippen MR) is 47.1 cm³/mol. The van der Waals surface area contributed by atoms with Gasteiger partial charge in [-0.3, -0.25) is 9.35 Å².